The Labute approximate surface area is 196 Å². The first-order valence-corrected chi connectivity index (χ1v) is 11.2. The maximum absolute atomic E-state index is 12.0. The number of nitrogens with zero attached hydrogens (tertiary/aromatic N) is 1. The fourth-order valence-electron chi connectivity index (χ4n) is 4.12. The van der Waals surface area contributed by atoms with Gasteiger partial charge in [-0.3, -0.25) is 4.79 Å². The van der Waals surface area contributed by atoms with Gasteiger partial charge in [0.1, 0.15) is 5.71 Å². The van der Waals surface area contributed by atoms with Crippen LogP contribution in [-0.2, 0) is 0 Å². The van der Waals surface area contributed by atoms with E-state index in [4.69, 9.17) is 5.21 Å². The maximum atomic E-state index is 12.0. The number of hydrogen-bond donors (Lipinski definition) is 1. The Kier molecular flexibility index (Phi) is 5.08. The number of fused-ring (bicyclic) bond motifs is 6. The molecule has 0 bridgehead atoms. The number of benzene rings is 4. The van der Waals surface area contributed by atoms with Crippen LogP contribution >= 0.6 is 31.9 Å². The van der Waals surface area contributed by atoms with Crippen molar-refractivity contribution in [3.8, 4) is 22.3 Å². The van der Waals surface area contributed by atoms with Gasteiger partial charge < -0.3 is 5.21 Å². The fraction of sp³-hybridized carbons (Fsp3) is 0. The van der Waals surface area contributed by atoms with Crippen LogP contribution in [0.1, 0.15) is 27.0 Å². The van der Waals surface area contributed by atoms with Crippen molar-refractivity contribution in [3.63, 3.8) is 0 Å². The molecule has 31 heavy (non-hydrogen) atoms. The maximum Gasteiger partial charge on any atom is 0.194 e. The Hall–Kier alpha value is -3.02. The molecule has 2 aliphatic carbocycles. The van der Waals surface area contributed by atoms with Gasteiger partial charge in [0.2, 0.25) is 0 Å². The Morgan fingerprint density at radius 3 is 1.61 bits per heavy atom. The van der Waals surface area contributed by atoms with E-state index < -0.39 is 0 Å². The van der Waals surface area contributed by atoms with E-state index in [2.05, 4.69) is 37.0 Å². The number of oxime groups is 1. The zero-order valence-electron chi connectivity index (χ0n) is 16.1. The zero-order valence-corrected chi connectivity index (χ0v) is 19.3. The molecule has 3 nitrogen and oxygen atoms in total. The van der Waals surface area contributed by atoms with Crippen LogP contribution in [0.4, 0.5) is 0 Å². The van der Waals surface area contributed by atoms with Crippen LogP contribution in [0, 0.1) is 0 Å². The SMILES string of the molecule is O=C1c2ccccc2-c2ccc(Br)cc21.ON=C1c2ccccc2-c2ccc(Br)cc21. The second-order valence-corrected chi connectivity index (χ2v) is 9.08. The number of halogens is 2. The predicted molar refractivity (Wildman–Crippen MR) is 130 cm³/mol. The number of rotatable bonds is 0. The lowest BCUT2D eigenvalue weighted by Crippen LogP contribution is -1.97. The lowest BCUT2D eigenvalue weighted by atomic mass is 10.1. The topological polar surface area (TPSA) is 49.7 Å². The molecule has 6 rings (SSSR count). The van der Waals surface area contributed by atoms with Gasteiger partial charge in [-0.25, -0.2) is 0 Å². The summed E-state index contributed by atoms with van der Waals surface area (Å²) < 4.78 is 1.93. The van der Waals surface area contributed by atoms with Gasteiger partial charge in [0.05, 0.1) is 0 Å². The van der Waals surface area contributed by atoms with Gasteiger partial charge in [-0.1, -0.05) is 97.7 Å². The van der Waals surface area contributed by atoms with E-state index in [0.717, 1.165) is 53.5 Å². The second-order valence-electron chi connectivity index (χ2n) is 7.25. The molecule has 0 saturated carbocycles. The average Bonchev–Trinajstić information content (AvgIpc) is 3.26. The molecule has 1 N–H and O–H groups in total. The largest absolute Gasteiger partial charge is 0.410 e. The lowest BCUT2D eigenvalue weighted by molar-refractivity contribution is 0.104. The van der Waals surface area contributed by atoms with Crippen LogP contribution in [0.15, 0.2) is 99.0 Å². The molecule has 0 saturated heterocycles. The van der Waals surface area contributed by atoms with E-state index in [9.17, 15) is 4.79 Å². The third kappa shape index (κ3) is 3.34. The van der Waals surface area contributed by atoms with Gasteiger partial charge in [-0.15, -0.1) is 0 Å². The lowest BCUT2D eigenvalue weighted by Gasteiger charge is -1.99. The molecule has 0 unspecified atom stereocenters. The molecule has 4 aromatic rings. The molecule has 150 valence electrons. The Balaban J connectivity index is 0.000000132. The average molecular weight is 533 g/mol. The van der Waals surface area contributed by atoms with Crippen LogP contribution in [-0.4, -0.2) is 16.7 Å². The van der Waals surface area contributed by atoms with E-state index in [-0.39, 0.29) is 5.78 Å². The molecule has 0 aromatic heterocycles. The highest BCUT2D eigenvalue weighted by molar-refractivity contribution is 9.10. The van der Waals surface area contributed by atoms with Gasteiger partial charge >= 0.3 is 0 Å². The highest BCUT2D eigenvalue weighted by atomic mass is 79.9. The Morgan fingerprint density at radius 2 is 1.00 bits per heavy atom. The minimum Gasteiger partial charge on any atom is -0.410 e. The standard InChI is InChI=1S/C13H8BrNO.C13H7BrO/c14-8-5-6-10-9-3-1-2-4-11(9)13(15-16)12(10)7-8;14-8-5-6-10-9-3-1-2-4-11(9)13(15)12(10)7-8/h1-7,16H;1-7H. The van der Waals surface area contributed by atoms with E-state index in [0.29, 0.717) is 5.71 Å². The summed E-state index contributed by atoms with van der Waals surface area (Å²) in [6, 6.07) is 27.5. The summed E-state index contributed by atoms with van der Waals surface area (Å²) in [5.74, 6) is 0.127. The molecular weight excluding hydrogens is 518 g/mol. The van der Waals surface area contributed by atoms with Crippen LogP contribution in [0.5, 0.6) is 0 Å². The highest BCUT2D eigenvalue weighted by Crippen LogP contribution is 2.38. The smallest absolute Gasteiger partial charge is 0.194 e. The van der Waals surface area contributed by atoms with Crippen LogP contribution in [0.2, 0.25) is 0 Å². The molecule has 4 aromatic carbocycles. The number of carbonyl (C=O) groups is 1. The van der Waals surface area contributed by atoms with Gasteiger partial charge in [0, 0.05) is 31.2 Å². The molecule has 0 radical (unpaired) electrons. The summed E-state index contributed by atoms with van der Waals surface area (Å²) in [6.45, 7) is 0. The first-order chi connectivity index (χ1) is 15.1. The monoisotopic (exact) mass is 531 g/mol. The minimum atomic E-state index is 0.127. The van der Waals surface area contributed by atoms with Crippen molar-refractivity contribution in [2.75, 3.05) is 0 Å². The van der Waals surface area contributed by atoms with Gasteiger partial charge in [0.15, 0.2) is 5.78 Å². The number of ketones is 1. The van der Waals surface area contributed by atoms with E-state index >= 15 is 0 Å². The molecule has 0 atom stereocenters. The predicted octanol–water partition coefficient (Wildman–Crippen LogP) is 7.32. The van der Waals surface area contributed by atoms with Crippen molar-refractivity contribution in [1.29, 1.82) is 0 Å². The highest BCUT2D eigenvalue weighted by Gasteiger charge is 2.26. The second kappa shape index (κ2) is 7.91. The first kappa shape index (κ1) is 19.9. The summed E-state index contributed by atoms with van der Waals surface area (Å²) in [4.78, 5) is 12.0. The quantitative estimate of drug-likeness (QED) is 0.164. The van der Waals surface area contributed by atoms with Crippen molar-refractivity contribution < 1.29 is 10.0 Å². The molecule has 0 fully saturated rings. The van der Waals surface area contributed by atoms with Gasteiger partial charge in [0.25, 0.3) is 0 Å². The molecule has 5 heteroatoms. The van der Waals surface area contributed by atoms with E-state index in [1.165, 1.54) is 0 Å². The summed E-state index contributed by atoms with van der Waals surface area (Å²) in [5.41, 5.74) is 8.53. The Morgan fingerprint density at radius 1 is 0.548 bits per heavy atom. The van der Waals surface area contributed by atoms with Crippen LogP contribution in [0.3, 0.4) is 0 Å². The molecule has 2 aliphatic rings. The zero-order chi connectivity index (χ0) is 21.5. The van der Waals surface area contributed by atoms with E-state index in [1.54, 1.807) is 0 Å². The minimum absolute atomic E-state index is 0.127. The van der Waals surface area contributed by atoms with Gasteiger partial charge in [-0.2, -0.15) is 0 Å². The summed E-state index contributed by atoms with van der Waals surface area (Å²) in [6.07, 6.45) is 0. The van der Waals surface area contributed by atoms with Crippen LogP contribution < -0.4 is 0 Å². The van der Waals surface area contributed by atoms with E-state index in [1.807, 2.05) is 84.9 Å². The molecule has 0 spiro atoms. The number of hydrogen-bond acceptors (Lipinski definition) is 3. The molecule has 0 heterocycles. The molecular formula is C26H15Br2NO2. The third-order valence-corrected chi connectivity index (χ3v) is 6.48. The molecule has 0 aliphatic heterocycles. The molecule has 0 amide bonds. The fourth-order valence-corrected chi connectivity index (χ4v) is 4.85. The van der Waals surface area contributed by atoms with Crippen molar-refractivity contribution in [1.82, 2.24) is 0 Å². The Bertz CT molecular complexity index is 1390. The van der Waals surface area contributed by atoms with Gasteiger partial charge in [-0.05, 0) is 46.5 Å². The summed E-state index contributed by atoms with van der Waals surface area (Å²) in [7, 11) is 0. The van der Waals surface area contributed by atoms with Crippen molar-refractivity contribution in [2.24, 2.45) is 5.16 Å². The first-order valence-electron chi connectivity index (χ1n) is 9.64. The summed E-state index contributed by atoms with van der Waals surface area (Å²) >= 11 is 6.81. The number of carbonyl (C=O) groups excluding carboxylic acids is 1. The van der Waals surface area contributed by atoms with Crippen LogP contribution in [0.25, 0.3) is 22.3 Å². The third-order valence-electron chi connectivity index (χ3n) is 5.50. The van der Waals surface area contributed by atoms with Crippen molar-refractivity contribution in [3.05, 3.63) is 116 Å². The van der Waals surface area contributed by atoms with Crippen molar-refractivity contribution >= 4 is 43.4 Å². The normalized spacial score (nSPS) is 13.7. The summed E-state index contributed by atoms with van der Waals surface area (Å²) in [5, 5.41) is 12.5. The van der Waals surface area contributed by atoms with Crippen molar-refractivity contribution in [2.45, 2.75) is 0 Å².